The van der Waals surface area contributed by atoms with E-state index in [2.05, 4.69) is 15.4 Å². The van der Waals surface area contributed by atoms with Gasteiger partial charge in [0.25, 0.3) is 5.91 Å². The summed E-state index contributed by atoms with van der Waals surface area (Å²) in [5.74, 6) is -0.102. The van der Waals surface area contributed by atoms with Crippen molar-refractivity contribution in [2.75, 3.05) is 5.32 Å². The normalized spacial score (nSPS) is 10.3. The maximum atomic E-state index is 11.9. The third-order valence-corrected chi connectivity index (χ3v) is 3.28. The predicted molar refractivity (Wildman–Crippen MR) is 73.6 cm³/mol. The van der Waals surface area contributed by atoms with Crippen LogP contribution in [0.5, 0.6) is 0 Å². The Morgan fingerprint density at radius 3 is 2.68 bits per heavy atom. The standard InChI is InChI=1S/C13H10N4OS/c18-13(10-5-6-19-7-10)16-11-1-3-12(4-2-11)17-9-14-8-15-17/h1-9H,(H,16,18). The van der Waals surface area contributed by atoms with E-state index in [0.717, 1.165) is 11.4 Å². The van der Waals surface area contributed by atoms with E-state index >= 15 is 0 Å². The Bertz CT molecular complexity index is 659. The fraction of sp³-hybridized carbons (Fsp3) is 0. The van der Waals surface area contributed by atoms with Crippen LogP contribution in [-0.2, 0) is 0 Å². The Kier molecular flexibility index (Phi) is 3.07. The summed E-state index contributed by atoms with van der Waals surface area (Å²) in [7, 11) is 0. The zero-order valence-electron chi connectivity index (χ0n) is 9.85. The number of anilines is 1. The molecular weight excluding hydrogens is 260 g/mol. The fourth-order valence-corrected chi connectivity index (χ4v) is 2.27. The molecule has 19 heavy (non-hydrogen) atoms. The smallest absolute Gasteiger partial charge is 0.256 e. The van der Waals surface area contributed by atoms with Crippen LogP contribution in [-0.4, -0.2) is 20.7 Å². The summed E-state index contributed by atoms with van der Waals surface area (Å²) < 4.78 is 1.66. The van der Waals surface area contributed by atoms with Crippen molar-refractivity contribution in [1.82, 2.24) is 14.8 Å². The molecule has 6 heteroatoms. The van der Waals surface area contributed by atoms with Crippen molar-refractivity contribution in [2.24, 2.45) is 0 Å². The summed E-state index contributed by atoms with van der Waals surface area (Å²) in [4.78, 5) is 15.7. The number of carbonyl (C=O) groups excluding carboxylic acids is 1. The van der Waals surface area contributed by atoms with Gasteiger partial charge >= 0.3 is 0 Å². The molecule has 0 bridgehead atoms. The second-order valence-electron chi connectivity index (χ2n) is 3.85. The zero-order valence-corrected chi connectivity index (χ0v) is 10.7. The highest BCUT2D eigenvalue weighted by atomic mass is 32.1. The Morgan fingerprint density at radius 1 is 1.21 bits per heavy atom. The van der Waals surface area contributed by atoms with E-state index in [1.54, 1.807) is 17.1 Å². The van der Waals surface area contributed by atoms with Crippen LogP contribution in [0.2, 0.25) is 0 Å². The maximum Gasteiger partial charge on any atom is 0.256 e. The van der Waals surface area contributed by atoms with Crippen molar-refractivity contribution in [3.8, 4) is 5.69 Å². The first-order valence-corrected chi connectivity index (χ1v) is 6.56. The molecule has 0 saturated carbocycles. The molecule has 0 fully saturated rings. The van der Waals surface area contributed by atoms with Crippen molar-refractivity contribution in [3.63, 3.8) is 0 Å². The minimum Gasteiger partial charge on any atom is -0.322 e. The molecule has 0 aliphatic carbocycles. The molecule has 0 atom stereocenters. The van der Waals surface area contributed by atoms with Gasteiger partial charge in [0.1, 0.15) is 12.7 Å². The minimum absolute atomic E-state index is 0.102. The monoisotopic (exact) mass is 270 g/mol. The quantitative estimate of drug-likeness (QED) is 0.795. The highest BCUT2D eigenvalue weighted by Crippen LogP contribution is 2.14. The highest BCUT2D eigenvalue weighted by Gasteiger charge is 2.06. The third-order valence-electron chi connectivity index (χ3n) is 2.59. The number of nitrogens with one attached hydrogen (secondary N) is 1. The van der Waals surface area contributed by atoms with Gasteiger partial charge in [0.05, 0.1) is 11.3 Å². The van der Waals surface area contributed by atoms with Crippen LogP contribution < -0.4 is 5.32 Å². The largest absolute Gasteiger partial charge is 0.322 e. The van der Waals surface area contributed by atoms with Crippen LogP contribution in [0.15, 0.2) is 53.7 Å². The van der Waals surface area contributed by atoms with E-state index in [4.69, 9.17) is 0 Å². The maximum absolute atomic E-state index is 11.9. The number of aromatic nitrogens is 3. The van der Waals surface area contributed by atoms with Gasteiger partial charge in [-0.05, 0) is 35.7 Å². The minimum atomic E-state index is -0.102. The Balaban J connectivity index is 1.75. The number of benzene rings is 1. The first kappa shape index (κ1) is 11.6. The van der Waals surface area contributed by atoms with Gasteiger partial charge in [0.2, 0.25) is 0 Å². The fourth-order valence-electron chi connectivity index (χ4n) is 1.64. The lowest BCUT2D eigenvalue weighted by atomic mass is 10.2. The molecule has 0 aliphatic heterocycles. The second kappa shape index (κ2) is 5.03. The van der Waals surface area contributed by atoms with Gasteiger partial charge in [-0.3, -0.25) is 4.79 Å². The van der Waals surface area contributed by atoms with Gasteiger partial charge in [0.15, 0.2) is 0 Å². The van der Waals surface area contributed by atoms with E-state index in [-0.39, 0.29) is 5.91 Å². The van der Waals surface area contributed by atoms with Crippen LogP contribution in [0.4, 0.5) is 5.69 Å². The number of thiophene rings is 1. The van der Waals surface area contributed by atoms with Crippen molar-refractivity contribution < 1.29 is 4.79 Å². The molecule has 1 N–H and O–H groups in total. The molecule has 5 nitrogen and oxygen atoms in total. The lowest BCUT2D eigenvalue weighted by Gasteiger charge is -2.05. The van der Waals surface area contributed by atoms with Crippen molar-refractivity contribution in [1.29, 1.82) is 0 Å². The van der Waals surface area contributed by atoms with Crippen LogP contribution in [0.25, 0.3) is 5.69 Å². The molecule has 0 spiro atoms. The van der Waals surface area contributed by atoms with Crippen molar-refractivity contribution in [2.45, 2.75) is 0 Å². The Hall–Kier alpha value is -2.47. The van der Waals surface area contributed by atoms with Crippen molar-refractivity contribution >= 4 is 22.9 Å². The van der Waals surface area contributed by atoms with E-state index in [1.165, 1.54) is 17.7 Å². The van der Waals surface area contributed by atoms with Gasteiger partial charge < -0.3 is 5.32 Å². The summed E-state index contributed by atoms with van der Waals surface area (Å²) >= 11 is 1.50. The van der Waals surface area contributed by atoms with Gasteiger partial charge in [-0.2, -0.15) is 16.4 Å². The molecular formula is C13H10N4OS. The van der Waals surface area contributed by atoms with Gasteiger partial charge in [-0.25, -0.2) is 9.67 Å². The van der Waals surface area contributed by atoms with E-state index in [0.29, 0.717) is 5.56 Å². The molecule has 3 aromatic rings. The van der Waals surface area contributed by atoms with E-state index in [1.807, 2.05) is 35.0 Å². The molecule has 0 unspecified atom stereocenters. The summed E-state index contributed by atoms with van der Waals surface area (Å²) in [6, 6.07) is 9.21. The van der Waals surface area contributed by atoms with E-state index in [9.17, 15) is 4.79 Å². The lowest BCUT2D eigenvalue weighted by Crippen LogP contribution is -2.10. The first-order chi connectivity index (χ1) is 9.33. The molecule has 0 saturated heterocycles. The van der Waals surface area contributed by atoms with Crippen LogP contribution in [0.3, 0.4) is 0 Å². The van der Waals surface area contributed by atoms with Gasteiger partial charge in [-0.15, -0.1) is 0 Å². The highest BCUT2D eigenvalue weighted by molar-refractivity contribution is 7.08. The lowest BCUT2D eigenvalue weighted by molar-refractivity contribution is 0.102. The SMILES string of the molecule is O=C(Nc1ccc(-n2cncn2)cc1)c1ccsc1. The molecule has 0 radical (unpaired) electrons. The molecule has 1 aromatic carbocycles. The van der Waals surface area contributed by atoms with Crippen LogP contribution in [0, 0.1) is 0 Å². The summed E-state index contributed by atoms with van der Waals surface area (Å²) in [5.41, 5.74) is 2.32. The zero-order chi connectivity index (χ0) is 13.1. The summed E-state index contributed by atoms with van der Waals surface area (Å²) in [5, 5.41) is 10.6. The molecule has 2 heterocycles. The number of rotatable bonds is 3. The summed E-state index contributed by atoms with van der Waals surface area (Å²) in [6.45, 7) is 0. The molecule has 2 aromatic heterocycles. The predicted octanol–water partition coefficient (Wildman–Crippen LogP) is 2.58. The molecule has 3 rings (SSSR count). The summed E-state index contributed by atoms with van der Waals surface area (Å²) in [6.07, 6.45) is 3.10. The number of hydrogen-bond donors (Lipinski definition) is 1. The van der Waals surface area contributed by atoms with Crippen LogP contribution in [0.1, 0.15) is 10.4 Å². The van der Waals surface area contributed by atoms with Gasteiger partial charge in [-0.1, -0.05) is 0 Å². The molecule has 1 amide bonds. The Labute approximate surface area is 113 Å². The average Bonchev–Trinajstić information content (AvgIpc) is 3.13. The molecule has 94 valence electrons. The Morgan fingerprint density at radius 2 is 2.05 bits per heavy atom. The average molecular weight is 270 g/mol. The van der Waals surface area contributed by atoms with Crippen molar-refractivity contribution in [3.05, 3.63) is 59.3 Å². The number of hydrogen-bond acceptors (Lipinski definition) is 4. The van der Waals surface area contributed by atoms with Gasteiger partial charge in [0, 0.05) is 11.1 Å². The number of nitrogens with zero attached hydrogens (tertiary/aromatic N) is 3. The second-order valence-corrected chi connectivity index (χ2v) is 4.63. The molecule has 0 aliphatic rings. The number of amides is 1. The topological polar surface area (TPSA) is 59.8 Å². The van der Waals surface area contributed by atoms with E-state index < -0.39 is 0 Å². The number of carbonyl (C=O) groups is 1. The van der Waals surface area contributed by atoms with Crippen LogP contribution >= 0.6 is 11.3 Å². The third kappa shape index (κ3) is 2.53. The first-order valence-electron chi connectivity index (χ1n) is 5.61.